The first-order valence-corrected chi connectivity index (χ1v) is 10.6. The van der Waals surface area contributed by atoms with E-state index in [1.54, 1.807) is 24.1 Å². The third-order valence-corrected chi connectivity index (χ3v) is 5.33. The number of imidazole rings is 1. The molecule has 33 heavy (non-hydrogen) atoms. The quantitative estimate of drug-likeness (QED) is 0.400. The highest BCUT2D eigenvalue weighted by atomic mass is 16.7. The number of benzene rings is 2. The van der Waals surface area contributed by atoms with Gasteiger partial charge in [0.05, 0.1) is 5.69 Å². The number of fused-ring (bicyclic) bond motifs is 2. The zero-order valence-electron chi connectivity index (χ0n) is 18.2. The third kappa shape index (κ3) is 4.82. The summed E-state index contributed by atoms with van der Waals surface area (Å²) in [6.07, 6.45) is 7.28. The van der Waals surface area contributed by atoms with E-state index < -0.39 is 0 Å². The molecule has 0 spiro atoms. The summed E-state index contributed by atoms with van der Waals surface area (Å²) >= 11 is 0. The molecule has 7 heteroatoms. The van der Waals surface area contributed by atoms with Crippen molar-refractivity contribution in [3.05, 3.63) is 96.0 Å². The molecular weight excluding hydrogens is 418 g/mol. The highest BCUT2D eigenvalue weighted by molar-refractivity contribution is 5.91. The topological polar surface area (TPSA) is 65.3 Å². The third-order valence-electron chi connectivity index (χ3n) is 5.33. The molecule has 0 fully saturated rings. The molecule has 0 bridgehead atoms. The first-order valence-electron chi connectivity index (χ1n) is 10.6. The van der Waals surface area contributed by atoms with Crippen LogP contribution in [0.25, 0.3) is 11.7 Å². The van der Waals surface area contributed by atoms with Crippen molar-refractivity contribution >= 4 is 17.6 Å². The number of amides is 1. The van der Waals surface area contributed by atoms with Crippen LogP contribution in [-0.2, 0) is 17.9 Å². The van der Waals surface area contributed by atoms with Crippen molar-refractivity contribution in [3.63, 3.8) is 0 Å². The van der Waals surface area contributed by atoms with Crippen LogP contribution in [0.1, 0.15) is 16.8 Å². The molecule has 1 amide bonds. The fourth-order valence-electron chi connectivity index (χ4n) is 3.58. The summed E-state index contributed by atoms with van der Waals surface area (Å²) in [4.78, 5) is 18.7. The highest BCUT2D eigenvalue weighted by Gasteiger charge is 2.14. The van der Waals surface area contributed by atoms with Gasteiger partial charge in [-0.05, 0) is 53.6 Å². The fraction of sp³-hybridized carbons (Fsp3) is 0.154. The van der Waals surface area contributed by atoms with Gasteiger partial charge in [0.1, 0.15) is 18.0 Å². The minimum absolute atomic E-state index is 0.0835. The second kappa shape index (κ2) is 9.08. The average Bonchev–Trinajstić information content (AvgIpc) is 3.48. The molecule has 0 radical (unpaired) electrons. The molecule has 2 aromatic heterocycles. The molecule has 3 heterocycles. The Hall–Kier alpha value is -4.26. The average molecular weight is 441 g/mol. The Labute approximate surface area is 191 Å². The smallest absolute Gasteiger partial charge is 0.246 e. The Morgan fingerprint density at radius 2 is 1.97 bits per heavy atom. The van der Waals surface area contributed by atoms with Crippen molar-refractivity contribution in [1.29, 1.82) is 0 Å². The first kappa shape index (κ1) is 20.6. The number of carbonyl (C=O) groups is 1. The maximum atomic E-state index is 12.5. The lowest BCUT2D eigenvalue weighted by Crippen LogP contribution is -2.24. The van der Waals surface area contributed by atoms with Crippen LogP contribution in [-0.4, -0.2) is 34.0 Å². The Kier molecular flexibility index (Phi) is 5.68. The summed E-state index contributed by atoms with van der Waals surface area (Å²) < 4.78 is 18.5. The molecule has 0 aliphatic carbocycles. The lowest BCUT2D eigenvalue weighted by molar-refractivity contribution is -0.125. The summed E-state index contributed by atoms with van der Waals surface area (Å²) in [5.41, 5.74) is 3.65. The van der Waals surface area contributed by atoms with E-state index in [4.69, 9.17) is 14.2 Å². The number of hydrogen-bond acceptors (Lipinski definition) is 5. The first-order chi connectivity index (χ1) is 16.1. The molecule has 0 unspecified atom stereocenters. The number of aromatic nitrogens is 2. The maximum absolute atomic E-state index is 12.5. The molecule has 1 aliphatic heterocycles. The number of carbonyl (C=O) groups excluding carboxylic acids is 1. The van der Waals surface area contributed by atoms with Crippen molar-refractivity contribution in [2.45, 2.75) is 13.2 Å². The van der Waals surface area contributed by atoms with Crippen molar-refractivity contribution in [2.24, 2.45) is 0 Å². The van der Waals surface area contributed by atoms with E-state index in [1.165, 1.54) is 0 Å². The summed E-state index contributed by atoms with van der Waals surface area (Å²) in [6.45, 7) is 1.11. The zero-order valence-corrected chi connectivity index (χ0v) is 18.2. The van der Waals surface area contributed by atoms with Crippen molar-refractivity contribution in [3.8, 4) is 17.2 Å². The van der Waals surface area contributed by atoms with Gasteiger partial charge in [-0.2, -0.15) is 0 Å². The molecule has 5 rings (SSSR count). The molecule has 0 saturated carbocycles. The molecule has 0 atom stereocenters. The van der Waals surface area contributed by atoms with Gasteiger partial charge < -0.3 is 23.5 Å². The van der Waals surface area contributed by atoms with E-state index in [0.29, 0.717) is 18.9 Å². The Morgan fingerprint density at radius 1 is 1.12 bits per heavy atom. The van der Waals surface area contributed by atoms with Crippen LogP contribution < -0.4 is 14.2 Å². The largest absolute Gasteiger partial charge is 0.487 e. The fourth-order valence-corrected chi connectivity index (χ4v) is 3.58. The van der Waals surface area contributed by atoms with E-state index in [1.807, 2.05) is 77.5 Å². The van der Waals surface area contributed by atoms with Crippen molar-refractivity contribution < 1.29 is 19.0 Å². The Balaban J connectivity index is 1.14. The Morgan fingerprint density at radius 3 is 2.82 bits per heavy atom. The van der Waals surface area contributed by atoms with Crippen molar-refractivity contribution in [2.75, 3.05) is 13.8 Å². The normalized spacial score (nSPS) is 12.4. The minimum Gasteiger partial charge on any atom is -0.487 e. The molecule has 1 aliphatic rings. The SMILES string of the molecule is CN(Cc1ccc2c(c1)OCO2)C(=O)/C=C/c1ccc(OCc2cn3ccccc3n2)cc1. The van der Waals surface area contributed by atoms with Gasteiger partial charge >= 0.3 is 0 Å². The zero-order chi connectivity index (χ0) is 22.6. The molecule has 4 aromatic rings. The molecule has 0 saturated heterocycles. The van der Waals surface area contributed by atoms with E-state index in [-0.39, 0.29) is 12.7 Å². The standard InChI is InChI=1S/C26H23N3O4/c1-28(15-20-7-11-23-24(14-20)33-18-32-23)26(30)12-8-19-5-9-22(10-6-19)31-17-21-16-29-13-3-2-4-25(29)27-21/h2-14,16H,15,17-18H2,1H3/b12-8+. The van der Waals surface area contributed by atoms with Crippen LogP contribution >= 0.6 is 0 Å². The molecule has 166 valence electrons. The summed E-state index contributed by atoms with van der Waals surface area (Å²) in [5, 5.41) is 0. The van der Waals surface area contributed by atoms with Crippen LogP contribution in [0.5, 0.6) is 17.2 Å². The van der Waals surface area contributed by atoms with Gasteiger partial charge in [0, 0.05) is 32.1 Å². The molecule has 0 N–H and O–H groups in total. The number of hydrogen-bond donors (Lipinski definition) is 0. The lowest BCUT2D eigenvalue weighted by atomic mass is 10.2. The van der Waals surface area contributed by atoms with E-state index >= 15 is 0 Å². The van der Waals surface area contributed by atoms with Crippen molar-refractivity contribution in [1.82, 2.24) is 14.3 Å². The number of likely N-dealkylation sites (N-methyl/N-ethyl adjacent to an activating group) is 1. The number of ether oxygens (including phenoxy) is 3. The van der Waals surface area contributed by atoms with Crippen LogP contribution in [0, 0.1) is 0 Å². The number of rotatable bonds is 7. The van der Waals surface area contributed by atoms with Gasteiger partial charge in [-0.1, -0.05) is 24.3 Å². The molecular formula is C26H23N3O4. The maximum Gasteiger partial charge on any atom is 0.246 e. The van der Waals surface area contributed by atoms with Gasteiger partial charge in [0.25, 0.3) is 0 Å². The van der Waals surface area contributed by atoms with E-state index in [0.717, 1.165) is 34.0 Å². The number of nitrogens with zero attached hydrogens (tertiary/aromatic N) is 3. The second-order valence-corrected chi connectivity index (χ2v) is 7.77. The van der Waals surface area contributed by atoms with Gasteiger partial charge in [-0.3, -0.25) is 4.79 Å². The van der Waals surface area contributed by atoms with Crippen LogP contribution in [0.15, 0.2) is 79.1 Å². The number of pyridine rings is 1. The predicted octanol–water partition coefficient (Wildman–Crippen LogP) is 4.31. The van der Waals surface area contributed by atoms with Gasteiger partial charge in [-0.25, -0.2) is 4.98 Å². The van der Waals surface area contributed by atoms with Crippen LogP contribution in [0.2, 0.25) is 0 Å². The Bertz CT molecular complexity index is 1280. The van der Waals surface area contributed by atoms with Crippen LogP contribution in [0.4, 0.5) is 0 Å². The summed E-state index contributed by atoms with van der Waals surface area (Å²) in [6, 6.07) is 19.2. The second-order valence-electron chi connectivity index (χ2n) is 7.77. The highest BCUT2D eigenvalue weighted by Crippen LogP contribution is 2.32. The van der Waals surface area contributed by atoms with E-state index in [2.05, 4.69) is 4.98 Å². The monoisotopic (exact) mass is 441 g/mol. The molecule has 7 nitrogen and oxygen atoms in total. The predicted molar refractivity (Wildman–Crippen MR) is 124 cm³/mol. The molecule has 2 aromatic carbocycles. The van der Waals surface area contributed by atoms with Gasteiger partial charge in [0.2, 0.25) is 12.7 Å². The summed E-state index contributed by atoms with van der Waals surface area (Å²) in [7, 11) is 1.77. The van der Waals surface area contributed by atoms with Gasteiger partial charge in [0.15, 0.2) is 11.5 Å². The minimum atomic E-state index is -0.0835. The lowest BCUT2D eigenvalue weighted by Gasteiger charge is -2.15. The van der Waals surface area contributed by atoms with Crippen LogP contribution in [0.3, 0.4) is 0 Å². The van der Waals surface area contributed by atoms with Gasteiger partial charge in [-0.15, -0.1) is 0 Å². The summed E-state index contributed by atoms with van der Waals surface area (Å²) in [5.74, 6) is 2.11. The van der Waals surface area contributed by atoms with E-state index in [9.17, 15) is 4.79 Å².